The van der Waals surface area contributed by atoms with Gasteiger partial charge in [0.25, 0.3) is 10.0 Å². The fourth-order valence-corrected chi connectivity index (χ4v) is 2.86. The molecule has 1 aromatic heterocycles. The van der Waals surface area contributed by atoms with Crippen LogP contribution in [0, 0.1) is 11.3 Å². The first-order chi connectivity index (χ1) is 7.93. The summed E-state index contributed by atoms with van der Waals surface area (Å²) in [7, 11) is -3.91. The van der Waals surface area contributed by atoms with Crippen molar-refractivity contribution in [1.82, 2.24) is 4.98 Å². The van der Waals surface area contributed by atoms with Crippen LogP contribution >= 0.6 is 12.4 Å². The zero-order valence-corrected chi connectivity index (χ0v) is 11.0. The van der Waals surface area contributed by atoms with Crippen molar-refractivity contribution in [3.63, 3.8) is 0 Å². The van der Waals surface area contributed by atoms with Gasteiger partial charge in [0.1, 0.15) is 0 Å². The van der Waals surface area contributed by atoms with E-state index in [1.165, 1.54) is 12.3 Å². The number of pyridine rings is 1. The number of primary sulfonamides is 1. The number of nitrogens with two attached hydrogens (primary N) is 2. The third-order valence-corrected chi connectivity index (χ3v) is 3.79. The average molecular weight is 289 g/mol. The first-order valence-corrected chi connectivity index (χ1v) is 6.65. The minimum absolute atomic E-state index is 0. The van der Waals surface area contributed by atoms with Gasteiger partial charge in [0.05, 0.1) is 11.6 Å². The van der Waals surface area contributed by atoms with E-state index >= 15 is 0 Å². The molecule has 6 nitrogen and oxygen atoms in total. The van der Waals surface area contributed by atoms with Crippen molar-refractivity contribution >= 4 is 22.4 Å². The molecule has 0 saturated heterocycles. The van der Waals surface area contributed by atoms with E-state index in [1.54, 1.807) is 0 Å². The smallest absolute Gasteiger partial charge is 0.255 e. The Bertz CT molecular complexity index is 590. The third kappa shape index (κ3) is 2.62. The quantitative estimate of drug-likeness (QED) is 0.806. The Kier molecular flexibility index (Phi) is 4.29. The van der Waals surface area contributed by atoms with Gasteiger partial charge in [-0.25, -0.2) is 18.5 Å². The SMILES string of the molecule is Cl.N#Cc1ccnc(S(N)(=O)=O)c1C1CC(N)C1. The van der Waals surface area contributed by atoms with Gasteiger partial charge in [-0.15, -0.1) is 12.4 Å². The van der Waals surface area contributed by atoms with Gasteiger partial charge in [-0.2, -0.15) is 5.26 Å². The summed E-state index contributed by atoms with van der Waals surface area (Å²) >= 11 is 0. The molecule has 1 aromatic rings. The first-order valence-electron chi connectivity index (χ1n) is 5.11. The summed E-state index contributed by atoms with van der Waals surface area (Å²) < 4.78 is 22.8. The highest BCUT2D eigenvalue weighted by Gasteiger charge is 2.34. The lowest BCUT2D eigenvalue weighted by atomic mass is 9.75. The Morgan fingerprint density at radius 2 is 2.06 bits per heavy atom. The van der Waals surface area contributed by atoms with Crippen LogP contribution in [-0.4, -0.2) is 19.4 Å². The lowest BCUT2D eigenvalue weighted by Gasteiger charge is -2.33. The van der Waals surface area contributed by atoms with Crippen LogP contribution in [0.4, 0.5) is 0 Å². The van der Waals surface area contributed by atoms with Crippen molar-refractivity contribution in [2.45, 2.75) is 29.8 Å². The van der Waals surface area contributed by atoms with Gasteiger partial charge < -0.3 is 5.73 Å². The van der Waals surface area contributed by atoms with E-state index in [1.807, 2.05) is 6.07 Å². The van der Waals surface area contributed by atoms with Crippen molar-refractivity contribution in [2.24, 2.45) is 10.9 Å². The van der Waals surface area contributed by atoms with E-state index in [9.17, 15) is 8.42 Å². The topological polar surface area (TPSA) is 123 Å². The summed E-state index contributed by atoms with van der Waals surface area (Å²) in [5.41, 5.74) is 6.40. The molecule has 0 amide bonds. The second kappa shape index (κ2) is 5.20. The van der Waals surface area contributed by atoms with Gasteiger partial charge in [-0.3, -0.25) is 0 Å². The highest BCUT2D eigenvalue weighted by Crippen LogP contribution is 2.39. The zero-order chi connectivity index (χ0) is 12.6. The lowest BCUT2D eigenvalue weighted by molar-refractivity contribution is 0.345. The van der Waals surface area contributed by atoms with E-state index in [0.717, 1.165) is 0 Å². The summed E-state index contributed by atoms with van der Waals surface area (Å²) in [6.07, 6.45) is 2.59. The van der Waals surface area contributed by atoms with Crippen molar-refractivity contribution in [2.75, 3.05) is 0 Å². The molecule has 1 fully saturated rings. The second-order valence-electron chi connectivity index (χ2n) is 4.16. The van der Waals surface area contributed by atoms with Gasteiger partial charge >= 0.3 is 0 Å². The van der Waals surface area contributed by atoms with Crippen LogP contribution in [0.25, 0.3) is 0 Å². The molecule has 4 N–H and O–H groups in total. The number of hydrogen-bond acceptors (Lipinski definition) is 5. The monoisotopic (exact) mass is 288 g/mol. The van der Waals surface area contributed by atoms with Crippen LogP contribution in [0.3, 0.4) is 0 Å². The maximum absolute atomic E-state index is 11.4. The van der Waals surface area contributed by atoms with E-state index in [2.05, 4.69) is 4.98 Å². The fourth-order valence-electron chi connectivity index (χ4n) is 2.07. The van der Waals surface area contributed by atoms with Crippen molar-refractivity contribution in [3.05, 3.63) is 23.4 Å². The number of halogens is 1. The minimum Gasteiger partial charge on any atom is -0.328 e. The van der Waals surface area contributed by atoms with Crippen LogP contribution in [0.5, 0.6) is 0 Å². The van der Waals surface area contributed by atoms with Gasteiger partial charge in [0.2, 0.25) is 0 Å². The Morgan fingerprint density at radius 3 is 2.50 bits per heavy atom. The summed E-state index contributed by atoms with van der Waals surface area (Å²) in [5.74, 6) is -0.0401. The van der Waals surface area contributed by atoms with Gasteiger partial charge in [-0.05, 0) is 24.8 Å². The van der Waals surface area contributed by atoms with E-state index in [-0.39, 0.29) is 29.4 Å². The highest BCUT2D eigenvalue weighted by molar-refractivity contribution is 7.89. The first kappa shape index (κ1) is 14.9. The predicted octanol–water partition coefficient (Wildman–Crippen LogP) is 0.227. The normalized spacial score (nSPS) is 22.5. The summed E-state index contributed by atoms with van der Waals surface area (Å²) in [4.78, 5) is 3.78. The van der Waals surface area contributed by atoms with Gasteiger partial charge in [0.15, 0.2) is 5.03 Å². The molecule has 0 aromatic carbocycles. The van der Waals surface area contributed by atoms with Crippen molar-refractivity contribution in [3.8, 4) is 6.07 Å². The number of nitriles is 1. The molecular weight excluding hydrogens is 276 g/mol. The Morgan fingerprint density at radius 1 is 1.44 bits per heavy atom. The Labute approximate surface area is 111 Å². The van der Waals surface area contributed by atoms with Crippen LogP contribution in [-0.2, 0) is 10.0 Å². The minimum atomic E-state index is -3.91. The fraction of sp³-hybridized carbons (Fsp3) is 0.400. The van der Waals surface area contributed by atoms with Gasteiger partial charge in [0, 0.05) is 17.8 Å². The molecule has 2 rings (SSSR count). The van der Waals surface area contributed by atoms with Crippen molar-refractivity contribution in [1.29, 1.82) is 5.26 Å². The van der Waals surface area contributed by atoms with E-state index in [4.69, 9.17) is 16.1 Å². The molecule has 1 heterocycles. The molecule has 0 atom stereocenters. The molecule has 0 bridgehead atoms. The standard InChI is InChI=1S/C10H12N4O2S.ClH/c11-5-6-1-2-14-10(17(13,15)16)9(6)7-3-8(12)4-7;/h1-2,7-8H,3-4,12H2,(H2,13,15,16);1H. The van der Waals surface area contributed by atoms with Crippen LogP contribution in [0.15, 0.2) is 17.3 Å². The van der Waals surface area contributed by atoms with Crippen molar-refractivity contribution < 1.29 is 8.42 Å². The van der Waals surface area contributed by atoms with Crippen LogP contribution in [0.2, 0.25) is 0 Å². The number of nitrogens with zero attached hydrogens (tertiary/aromatic N) is 2. The zero-order valence-electron chi connectivity index (χ0n) is 9.41. The van der Waals surface area contributed by atoms with E-state index < -0.39 is 10.0 Å². The molecular formula is C10H13ClN4O2S. The molecule has 0 aliphatic heterocycles. The lowest BCUT2D eigenvalue weighted by Crippen LogP contribution is -2.36. The number of aromatic nitrogens is 1. The summed E-state index contributed by atoms with van der Waals surface area (Å²) in [6.45, 7) is 0. The number of hydrogen-bond donors (Lipinski definition) is 2. The van der Waals surface area contributed by atoms with E-state index in [0.29, 0.717) is 24.0 Å². The van der Waals surface area contributed by atoms with Crippen LogP contribution < -0.4 is 10.9 Å². The third-order valence-electron chi connectivity index (χ3n) is 2.93. The molecule has 8 heteroatoms. The summed E-state index contributed by atoms with van der Waals surface area (Å²) in [6, 6.07) is 3.52. The Balaban J connectivity index is 0.00000162. The molecule has 18 heavy (non-hydrogen) atoms. The maximum Gasteiger partial charge on any atom is 0.255 e. The molecule has 1 aliphatic rings. The Hall–Kier alpha value is -1.20. The van der Waals surface area contributed by atoms with Crippen LogP contribution in [0.1, 0.15) is 29.9 Å². The molecule has 0 unspecified atom stereocenters. The molecule has 0 radical (unpaired) electrons. The second-order valence-corrected chi connectivity index (χ2v) is 5.64. The number of sulfonamides is 1. The predicted molar refractivity (Wildman–Crippen MR) is 67.5 cm³/mol. The molecule has 1 aliphatic carbocycles. The van der Waals surface area contributed by atoms with Gasteiger partial charge in [-0.1, -0.05) is 0 Å². The maximum atomic E-state index is 11.4. The molecule has 98 valence electrons. The molecule has 1 saturated carbocycles. The summed E-state index contributed by atoms with van der Waals surface area (Å²) in [5, 5.41) is 13.9. The average Bonchev–Trinajstić information content (AvgIpc) is 2.22. The largest absolute Gasteiger partial charge is 0.328 e. The highest BCUT2D eigenvalue weighted by atomic mass is 35.5. The number of rotatable bonds is 2. The molecule has 0 spiro atoms.